The second-order valence-corrected chi connectivity index (χ2v) is 6.53. The van der Waals surface area contributed by atoms with Gasteiger partial charge >= 0.3 is 0 Å². The van der Waals surface area contributed by atoms with Crippen molar-refractivity contribution in [2.75, 3.05) is 0 Å². The summed E-state index contributed by atoms with van der Waals surface area (Å²) >= 11 is 0. The molecule has 0 radical (unpaired) electrons. The lowest BCUT2D eigenvalue weighted by Gasteiger charge is -2.33. The van der Waals surface area contributed by atoms with Gasteiger partial charge in [0.25, 0.3) is 0 Å². The highest BCUT2D eigenvalue weighted by atomic mass is 15.3. The Hall–Kier alpha value is -1.30. The van der Waals surface area contributed by atoms with Crippen LogP contribution in [0, 0.1) is 22.7 Å². The lowest BCUT2D eigenvalue weighted by Crippen LogP contribution is -2.28. The highest BCUT2D eigenvalue weighted by molar-refractivity contribution is 5.11. The zero-order chi connectivity index (χ0) is 14.6. The van der Waals surface area contributed by atoms with Crippen molar-refractivity contribution in [1.29, 1.82) is 5.26 Å². The van der Waals surface area contributed by atoms with Crippen LogP contribution in [0.15, 0.2) is 12.3 Å². The van der Waals surface area contributed by atoms with Crippen LogP contribution in [0.3, 0.4) is 0 Å². The Balaban J connectivity index is 2.11. The number of rotatable bonds is 5. The van der Waals surface area contributed by atoms with Gasteiger partial charge in [-0.15, -0.1) is 0 Å². The Labute approximate surface area is 123 Å². The van der Waals surface area contributed by atoms with Crippen LogP contribution in [0.1, 0.15) is 71.0 Å². The number of hydrogen-bond donors (Lipinski definition) is 0. The van der Waals surface area contributed by atoms with Gasteiger partial charge in [-0.25, -0.2) is 0 Å². The van der Waals surface area contributed by atoms with E-state index < -0.39 is 0 Å². The molecule has 1 aliphatic rings. The molecule has 2 rings (SSSR count). The van der Waals surface area contributed by atoms with Gasteiger partial charge < -0.3 is 0 Å². The summed E-state index contributed by atoms with van der Waals surface area (Å²) in [5.41, 5.74) is 0.915. The third kappa shape index (κ3) is 3.23. The fourth-order valence-electron chi connectivity index (χ4n) is 3.65. The van der Waals surface area contributed by atoms with Gasteiger partial charge in [-0.3, -0.25) is 4.68 Å². The lowest BCUT2D eigenvalue weighted by molar-refractivity contribution is 0.207. The first-order valence-corrected chi connectivity index (χ1v) is 8.07. The third-order valence-corrected chi connectivity index (χ3v) is 4.83. The Morgan fingerprint density at radius 1 is 1.50 bits per heavy atom. The SMILES string of the molecule is CCC(CC)n1ccc(CC2(C#N)CCCC(C)C2)n1. The van der Waals surface area contributed by atoms with Crippen molar-refractivity contribution in [1.82, 2.24) is 9.78 Å². The van der Waals surface area contributed by atoms with Crippen LogP contribution < -0.4 is 0 Å². The van der Waals surface area contributed by atoms with E-state index in [1.807, 2.05) is 0 Å². The van der Waals surface area contributed by atoms with Crippen molar-refractivity contribution in [3.63, 3.8) is 0 Å². The molecule has 1 fully saturated rings. The van der Waals surface area contributed by atoms with Crippen LogP contribution in [0.2, 0.25) is 0 Å². The highest BCUT2D eigenvalue weighted by Gasteiger charge is 2.35. The van der Waals surface area contributed by atoms with Crippen molar-refractivity contribution in [2.45, 2.75) is 71.8 Å². The molecule has 0 saturated heterocycles. The third-order valence-electron chi connectivity index (χ3n) is 4.83. The normalized spacial score (nSPS) is 26.6. The topological polar surface area (TPSA) is 41.6 Å². The number of nitriles is 1. The van der Waals surface area contributed by atoms with Crippen LogP contribution in [0.5, 0.6) is 0 Å². The molecule has 0 aromatic carbocycles. The summed E-state index contributed by atoms with van der Waals surface area (Å²) in [7, 11) is 0. The lowest BCUT2D eigenvalue weighted by atomic mass is 9.69. The minimum absolute atomic E-state index is 0.176. The standard InChI is InChI=1S/C17H27N3/c1-4-16(5-2)20-10-8-15(19-20)12-17(13-18)9-6-7-14(3)11-17/h8,10,14,16H,4-7,9,11-12H2,1-3H3. The van der Waals surface area contributed by atoms with Gasteiger partial charge in [-0.1, -0.05) is 33.6 Å². The average molecular weight is 273 g/mol. The molecule has 0 amide bonds. The summed E-state index contributed by atoms with van der Waals surface area (Å²) in [6, 6.07) is 5.21. The second kappa shape index (κ2) is 6.43. The summed E-state index contributed by atoms with van der Waals surface area (Å²) in [4.78, 5) is 0. The van der Waals surface area contributed by atoms with E-state index in [1.54, 1.807) is 0 Å². The van der Waals surface area contributed by atoms with E-state index in [9.17, 15) is 5.26 Å². The van der Waals surface area contributed by atoms with Gasteiger partial charge in [0, 0.05) is 12.6 Å². The Morgan fingerprint density at radius 3 is 2.85 bits per heavy atom. The van der Waals surface area contributed by atoms with E-state index in [2.05, 4.69) is 43.8 Å². The molecule has 1 aromatic heterocycles. The average Bonchev–Trinajstić information content (AvgIpc) is 2.88. The quantitative estimate of drug-likeness (QED) is 0.792. The van der Waals surface area contributed by atoms with Gasteiger partial charge in [0.2, 0.25) is 0 Å². The second-order valence-electron chi connectivity index (χ2n) is 6.53. The fourth-order valence-corrected chi connectivity index (χ4v) is 3.65. The maximum Gasteiger partial charge on any atom is 0.0693 e. The van der Waals surface area contributed by atoms with Crippen molar-refractivity contribution in [2.24, 2.45) is 11.3 Å². The molecule has 1 aromatic rings. The first-order chi connectivity index (χ1) is 9.62. The molecule has 0 aliphatic heterocycles. The molecule has 3 nitrogen and oxygen atoms in total. The summed E-state index contributed by atoms with van der Waals surface area (Å²) in [6.45, 7) is 6.68. The van der Waals surface area contributed by atoms with E-state index in [1.165, 1.54) is 12.8 Å². The molecule has 1 aliphatic carbocycles. The molecule has 2 unspecified atom stereocenters. The Kier molecular flexibility index (Phi) is 4.86. The van der Waals surface area contributed by atoms with E-state index in [4.69, 9.17) is 5.10 Å². The van der Waals surface area contributed by atoms with Crippen LogP contribution in [0.25, 0.3) is 0 Å². The summed E-state index contributed by atoms with van der Waals surface area (Å²) < 4.78 is 2.09. The molecule has 0 spiro atoms. The van der Waals surface area contributed by atoms with Gasteiger partial charge in [-0.05, 0) is 37.7 Å². The van der Waals surface area contributed by atoms with Crippen LogP contribution in [-0.2, 0) is 6.42 Å². The number of nitrogens with zero attached hydrogens (tertiary/aromatic N) is 3. The predicted molar refractivity (Wildman–Crippen MR) is 81.2 cm³/mol. The van der Waals surface area contributed by atoms with E-state index in [0.29, 0.717) is 12.0 Å². The molecule has 1 heterocycles. The van der Waals surface area contributed by atoms with Crippen molar-refractivity contribution in [3.8, 4) is 6.07 Å². The summed E-state index contributed by atoms with van der Waals surface area (Å²) in [6.07, 6.45) is 9.64. The van der Waals surface area contributed by atoms with Gasteiger partial charge in [0.05, 0.1) is 23.2 Å². The highest BCUT2D eigenvalue weighted by Crippen LogP contribution is 2.41. The van der Waals surface area contributed by atoms with Crippen molar-refractivity contribution < 1.29 is 0 Å². The zero-order valence-electron chi connectivity index (χ0n) is 13.1. The minimum atomic E-state index is -0.176. The summed E-state index contributed by atoms with van der Waals surface area (Å²) in [5, 5.41) is 14.4. The maximum atomic E-state index is 9.64. The van der Waals surface area contributed by atoms with E-state index in [0.717, 1.165) is 37.8 Å². The predicted octanol–water partition coefficient (Wildman–Crippen LogP) is 4.51. The first-order valence-electron chi connectivity index (χ1n) is 8.07. The minimum Gasteiger partial charge on any atom is -0.269 e. The largest absolute Gasteiger partial charge is 0.269 e. The number of hydrogen-bond acceptors (Lipinski definition) is 2. The number of aromatic nitrogens is 2. The van der Waals surface area contributed by atoms with Crippen molar-refractivity contribution >= 4 is 0 Å². The molecule has 0 bridgehead atoms. The molecule has 2 atom stereocenters. The Bertz CT molecular complexity index is 467. The molecule has 3 heteroatoms. The van der Waals surface area contributed by atoms with Gasteiger partial charge in [0.15, 0.2) is 0 Å². The maximum absolute atomic E-state index is 9.64. The van der Waals surface area contributed by atoms with Crippen molar-refractivity contribution in [3.05, 3.63) is 18.0 Å². The fraction of sp³-hybridized carbons (Fsp3) is 0.765. The van der Waals surface area contributed by atoms with E-state index in [-0.39, 0.29) is 5.41 Å². The zero-order valence-corrected chi connectivity index (χ0v) is 13.1. The van der Waals surface area contributed by atoms with Gasteiger partial charge in [-0.2, -0.15) is 10.4 Å². The van der Waals surface area contributed by atoms with Crippen LogP contribution >= 0.6 is 0 Å². The summed E-state index contributed by atoms with van der Waals surface area (Å²) in [5.74, 6) is 0.671. The van der Waals surface area contributed by atoms with Crippen LogP contribution in [-0.4, -0.2) is 9.78 Å². The van der Waals surface area contributed by atoms with Crippen LogP contribution in [0.4, 0.5) is 0 Å². The first kappa shape index (κ1) is 15.1. The molecule has 1 saturated carbocycles. The van der Waals surface area contributed by atoms with E-state index >= 15 is 0 Å². The van der Waals surface area contributed by atoms with Gasteiger partial charge in [0.1, 0.15) is 0 Å². The smallest absolute Gasteiger partial charge is 0.0693 e. The monoisotopic (exact) mass is 273 g/mol. The molecule has 0 N–H and O–H groups in total. The molecule has 110 valence electrons. The Morgan fingerprint density at radius 2 is 2.25 bits per heavy atom. The molecular formula is C17H27N3. The molecule has 20 heavy (non-hydrogen) atoms. The molecular weight excluding hydrogens is 246 g/mol.